The van der Waals surface area contributed by atoms with Gasteiger partial charge >= 0.3 is 0 Å². The van der Waals surface area contributed by atoms with Crippen LogP contribution in [-0.4, -0.2) is 35.2 Å². The van der Waals surface area contributed by atoms with Crippen LogP contribution in [0.3, 0.4) is 0 Å². The summed E-state index contributed by atoms with van der Waals surface area (Å²) in [5, 5.41) is 4.68. The van der Waals surface area contributed by atoms with Crippen molar-refractivity contribution in [2.24, 2.45) is 0 Å². The number of anilines is 1. The molecule has 4 aromatic rings. The van der Waals surface area contributed by atoms with Crippen LogP contribution in [0.1, 0.15) is 43.4 Å². The molecule has 8 heteroatoms. The summed E-state index contributed by atoms with van der Waals surface area (Å²) >= 11 is 0.916. The van der Waals surface area contributed by atoms with E-state index in [9.17, 15) is 14.4 Å². The van der Waals surface area contributed by atoms with E-state index in [4.69, 9.17) is 9.47 Å². The van der Waals surface area contributed by atoms with Gasteiger partial charge in [-0.3, -0.25) is 19.3 Å². The van der Waals surface area contributed by atoms with Crippen LogP contribution >= 0.6 is 11.8 Å². The predicted molar refractivity (Wildman–Crippen MR) is 168 cm³/mol. The number of carbonyl (C=O) groups excluding carboxylic acids is 3. The largest absolute Gasteiger partial charge is 0.490 e. The van der Waals surface area contributed by atoms with Crippen LogP contribution in [-0.2, 0) is 16.1 Å². The van der Waals surface area contributed by atoms with Crippen molar-refractivity contribution in [3.05, 3.63) is 107 Å². The van der Waals surface area contributed by atoms with E-state index in [1.807, 2.05) is 73.7 Å². The first-order valence-electron chi connectivity index (χ1n) is 13.8. The number of hydrogen-bond acceptors (Lipinski definition) is 6. The number of benzene rings is 4. The number of fused-ring (bicyclic) bond motifs is 1. The minimum absolute atomic E-state index is 0.196. The van der Waals surface area contributed by atoms with E-state index in [0.717, 1.165) is 39.3 Å². The second-order valence-electron chi connectivity index (χ2n) is 10.1. The number of thioether (sulfide) groups is 1. The number of nitrogens with zero attached hydrogens (tertiary/aromatic N) is 1. The van der Waals surface area contributed by atoms with Gasteiger partial charge in [0.15, 0.2) is 18.1 Å². The van der Waals surface area contributed by atoms with Crippen molar-refractivity contribution in [3.63, 3.8) is 0 Å². The Labute approximate surface area is 249 Å². The maximum Gasteiger partial charge on any atom is 0.293 e. The molecular formula is C34H32N2O5S. The van der Waals surface area contributed by atoms with Crippen molar-refractivity contribution < 1.29 is 23.9 Å². The Morgan fingerprint density at radius 1 is 0.929 bits per heavy atom. The van der Waals surface area contributed by atoms with Crippen LogP contribution in [0, 0.1) is 0 Å². The van der Waals surface area contributed by atoms with Crippen LogP contribution in [0.15, 0.2) is 89.8 Å². The highest BCUT2D eigenvalue weighted by Crippen LogP contribution is 2.36. The number of nitrogens with one attached hydrogen (secondary N) is 1. The van der Waals surface area contributed by atoms with Crippen molar-refractivity contribution in [2.45, 2.75) is 33.2 Å². The molecule has 1 N–H and O–H groups in total. The van der Waals surface area contributed by atoms with E-state index in [2.05, 4.69) is 19.2 Å². The molecule has 0 atom stereocenters. The third kappa shape index (κ3) is 6.50. The molecule has 0 aliphatic carbocycles. The molecule has 0 bridgehead atoms. The second-order valence-corrected chi connectivity index (χ2v) is 11.1. The van der Waals surface area contributed by atoms with Gasteiger partial charge in [0, 0.05) is 5.69 Å². The summed E-state index contributed by atoms with van der Waals surface area (Å²) in [4.78, 5) is 40.4. The summed E-state index contributed by atoms with van der Waals surface area (Å²) in [6.45, 7) is 6.38. The minimum atomic E-state index is -0.338. The quantitative estimate of drug-likeness (QED) is 0.194. The lowest BCUT2D eigenvalue weighted by Crippen LogP contribution is -2.27. The molecule has 1 heterocycles. The van der Waals surface area contributed by atoms with Crippen molar-refractivity contribution >= 4 is 51.4 Å². The predicted octanol–water partition coefficient (Wildman–Crippen LogP) is 7.62. The Hall–Kier alpha value is -4.56. The number of hydrogen-bond donors (Lipinski definition) is 1. The number of rotatable bonds is 10. The van der Waals surface area contributed by atoms with Gasteiger partial charge in [-0.15, -0.1) is 0 Å². The Kier molecular flexibility index (Phi) is 8.93. The van der Waals surface area contributed by atoms with E-state index < -0.39 is 0 Å². The van der Waals surface area contributed by atoms with Gasteiger partial charge in [-0.05, 0) is 76.3 Å². The fourth-order valence-corrected chi connectivity index (χ4v) is 5.67. The summed E-state index contributed by atoms with van der Waals surface area (Å²) < 4.78 is 11.6. The molecule has 7 nitrogen and oxygen atoms in total. The van der Waals surface area contributed by atoms with E-state index >= 15 is 0 Å². The maximum absolute atomic E-state index is 13.2. The fraction of sp³-hybridized carbons (Fsp3) is 0.206. The lowest BCUT2D eigenvalue weighted by Gasteiger charge is -2.15. The van der Waals surface area contributed by atoms with Crippen molar-refractivity contribution in [1.29, 1.82) is 0 Å². The van der Waals surface area contributed by atoms with Gasteiger partial charge in [-0.25, -0.2) is 0 Å². The zero-order valence-corrected chi connectivity index (χ0v) is 24.6. The molecule has 214 valence electrons. The maximum atomic E-state index is 13.2. The molecule has 0 radical (unpaired) electrons. The van der Waals surface area contributed by atoms with Gasteiger partial charge in [0.2, 0.25) is 0 Å². The smallest absolute Gasteiger partial charge is 0.293 e. The number of amides is 3. The van der Waals surface area contributed by atoms with Crippen LogP contribution in [0.5, 0.6) is 11.5 Å². The molecule has 42 heavy (non-hydrogen) atoms. The molecule has 1 aliphatic rings. The molecule has 0 unspecified atom stereocenters. The summed E-state index contributed by atoms with van der Waals surface area (Å²) in [7, 11) is 0. The van der Waals surface area contributed by atoms with Gasteiger partial charge in [-0.2, -0.15) is 0 Å². The van der Waals surface area contributed by atoms with E-state index in [1.54, 1.807) is 24.3 Å². The first-order chi connectivity index (χ1) is 20.3. The van der Waals surface area contributed by atoms with E-state index in [0.29, 0.717) is 28.6 Å². The highest BCUT2D eigenvalue weighted by molar-refractivity contribution is 8.18. The molecule has 4 aromatic carbocycles. The van der Waals surface area contributed by atoms with Gasteiger partial charge in [0.25, 0.3) is 17.1 Å². The number of carbonyl (C=O) groups is 3. The number of para-hydroxylation sites is 1. The van der Waals surface area contributed by atoms with Crippen LogP contribution in [0.25, 0.3) is 16.8 Å². The second kappa shape index (κ2) is 13.0. The van der Waals surface area contributed by atoms with Crippen LogP contribution in [0.4, 0.5) is 10.5 Å². The monoisotopic (exact) mass is 580 g/mol. The Morgan fingerprint density at radius 2 is 1.69 bits per heavy atom. The Morgan fingerprint density at radius 3 is 2.50 bits per heavy atom. The average Bonchev–Trinajstić information content (AvgIpc) is 3.24. The fourth-order valence-electron chi connectivity index (χ4n) is 4.83. The molecule has 1 aliphatic heterocycles. The van der Waals surface area contributed by atoms with Crippen LogP contribution < -0.4 is 14.8 Å². The summed E-state index contributed by atoms with van der Waals surface area (Å²) in [6.07, 6.45) is 1.68. The Balaban J connectivity index is 1.28. The molecule has 1 saturated heterocycles. The topological polar surface area (TPSA) is 84.9 Å². The van der Waals surface area contributed by atoms with Crippen molar-refractivity contribution in [2.75, 3.05) is 18.5 Å². The number of ether oxygens (including phenoxy) is 2. The van der Waals surface area contributed by atoms with Gasteiger partial charge in [-0.1, -0.05) is 80.6 Å². The third-order valence-corrected chi connectivity index (χ3v) is 7.77. The summed E-state index contributed by atoms with van der Waals surface area (Å²) in [5.41, 5.74) is 3.40. The molecule has 0 spiro atoms. The highest BCUT2D eigenvalue weighted by Gasteiger charge is 2.35. The number of imide groups is 1. The average molecular weight is 581 g/mol. The third-order valence-electron chi connectivity index (χ3n) is 6.86. The molecule has 0 saturated carbocycles. The standard InChI is InChI=1S/C34H32N2O5S/c1-4-40-30-18-23(16-17-29(30)41-21-32(37)35-28-15-8-7-13-26(28)22(2)3)19-31-33(38)36(34(39)42-31)20-25-12-9-11-24-10-5-6-14-27(24)25/h5-19,22H,4,20-21H2,1-3H3,(H,35,37)/b31-19-. The van der Waals surface area contributed by atoms with E-state index in [1.165, 1.54) is 4.90 Å². The van der Waals surface area contributed by atoms with Crippen molar-refractivity contribution in [3.8, 4) is 11.5 Å². The Bertz CT molecular complexity index is 1670. The van der Waals surface area contributed by atoms with Gasteiger partial charge in [0.05, 0.1) is 18.1 Å². The molecule has 3 amide bonds. The summed E-state index contributed by atoms with van der Waals surface area (Å²) in [6, 6.07) is 26.7. The highest BCUT2D eigenvalue weighted by atomic mass is 32.2. The SMILES string of the molecule is CCOc1cc(/C=C2\SC(=O)N(Cc3cccc4ccccc34)C2=O)ccc1OCC(=O)Nc1ccccc1C(C)C. The lowest BCUT2D eigenvalue weighted by atomic mass is 10.0. The molecule has 0 aromatic heterocycles. The van der Waals surface area contributed by atoms with Gasteiger partial charge < -0.3 is 14.8 Å². The van der Waals surface area contributed by atoms with Crippen molar-refractivity contribution in [1.82, 2.24) is 4.90 Å². The zero-order chi connectivity index (χ0) is 29.6. The molecular weight excluding hydrogens is 548 g/mol. The zero-order valence-electron chi connectivity index (χ0n) is 23.8. The van der Waals surface area contributed by atoms with Crippen LogP contribution in [0.2, 0.25) is 0 Å². The first-order valence-corrected chi connectivity index (χ1v) is 14.7. The minimum Gasteiger partial charge on any atom is -0.490 e. The molecule has 1 fully saturated rings. The van der Waals surface area contributed by atoms with Gasteiger partial charge in [0.1, 0.15) is 0 Å². The molecule has 5 rings (SSSR count). The summed E-state index contributed by atoms with van der Waals surface area (Å²) in [5.74, 6) is 0.491. The lowest BCUT2D eigenvalue weighted by molar-refractivity contribution is -0.123. The van der Waals surface area contributed by atoms with E-state index in [-0.39, 0.29) is 36.1 Å². The first kappa shape index (κ1) is 29.0. The normalized spacial score (nSPS) is 14.2.